The van der Waals surface area contributed by atoms with Crippen LogP contribution < -0.4 is 0 Å². The van der Waals surface area contributed by atoms with E-state index in [0.717, 1.165) is 4.47 Å². The zero-order chi connectivity index (χ0) is 20.5. The first-order chi connectivity index (χ1) is 14.7. The Bertz CT molecular complexity index is 1440. The van der Waals surface area contributed by atoms with Crippen LogP contribution in [0.3, 0.4) is 0 Å². The Morgan fingerprint density at radius 2 is 1.43 bits per heavy atom. The highest BCUT2D eigenvalue weighted by Crippen LogP contribution is 2.63. The number of fused-ring (bicyclic) bond motifs is 9. The highest BCUT2D eigenvalue weighted by atomic mass is 79.9. The lowest BCUT2D eigenvalue weighted by molar-refractivity contribution is 0.787. The quantitative estimate of drug-likeness (QED) is 0.292. The van der Waals surface area contributed by atoms with E-state index < -0.39 is 0 Å². The van der Waals surface area contributed by atoms with Gasteiger partial charge < -0.3 is 0 Å². The van der Waals surface area contributed by atoms with Gasteiger partial charge in [0.1, 0.15) is 0 Å². The van der Waals surface area contributed by atoms with E-state index >= 15 is 0 Å². The minimum Gasteiger partial charge on any atom is -0.0987 e. The van der Waals surface area contributed by atoms with Gasteiger partial charge in [-0.1, -0.05) is 108 Å². The van der Waals surface area contributed by atoms with Crippen molar-refractivity contribution in [2.24, 2.45) is 0 Å². The highest BCUT2D eigenvalue weighted by molar-refractivity contribution is 9.10. The van der Waals surface area contributed by atoms with E-state index in [2.05, 4.69) is 108 Å². The molecule has 0 amide bonds. The maximum absolute atomic E-state index is 4.27. The molecule has 4 aromatic rings. The molecule has 0 saturated heterocycles. The van der Waals surface area contributed by atoms with Crippen LogP contribution in [-0.2, 0) is 5.41 Å². The van der Waals surface area contributed by atoms with Gasteiger partial charge in [0.05, 0.1) is 5.41 Å². The maximum atomic E-state index is 4.27. The van der Waals surface area contributed by atoms with E-state index in [1.165, 1.54) is 55.3 Å². The predicted molar refractivity (Wildman–Crippen MR) is 131 cm³/mol. The molecule has 0 bridgehead atoms. The molecule has 2 aliphatic carbocycles. The number of hydrogen-bond donors (Lipinski definition) is 0. The van der Waals surface area contributed by atoms with E-state index in [0.29, 0.717) is 0 Å². The minimum absolute atomic E-state index is 0.364. The number of benzene rings is 4. The van der Waals surface area contributed by atoms with E-state index in [-0.39, 0.29) is 5.41 Å². The van der Waals surface area contributed by atoms with Crippen LogP contribution in [0.2, 0.25) is 0 Å². The summed E-state index contributed by atoms with van der Waals surface area (Å²) in [5, 5.41) is 2.52. The van der Waals surface area contributed by atoms with Crippen LogP contribution in [0.4, 0.5) is 0 Å². The van der Waals surface area contributed by atoms with Crippen molar-refractivity contribution in [1.29, 1.82) is 0 Å². The SMILES string of the molecule is C=CC1=C(C=C)C2(c3ccccc3-c3cc(Br)ccc32)c2ccc3ccccc3c21. The van der Waals surface area contributed by atoms with Gasteiger partial charge in [-0.2, -0.15) is 0 Å². The second-order valence-corrected chi connectivity index (χ2v) is 8.85. The summed E-state index contributed by atoms with van der Waals surface area (Å²) >= 11 is 3.69. The van der Waals surface area contributed by atoms with Crippen molar-refractivity contribution in [3.63, 3.8) is 0 Å². The number of hydrogen-bond acceptors (Lipinski definition) is 0. The molecule has 4 aromatic carbocycles. The van der Waals surface area contributed by atoms with Crippen LogP contribution >= 0.6 is 15.9 Å². The average molecular weight is 447 g/mol. The third-order valence-corrected chi connectivity index (χ3v) is 7.20. The van der Waals surface area contributed by atoms with Crippen LogP contribution in [0, 0.1) is 0 Å². The third-order valence-electron chi connectivity index (χ3n) is 6.71. The monoisotopic (exact) mass is 446 g/mol. The molecular weight excluding hydrogens is 428 g/mol. The molecule has 0 saturated carbocycles. The molecule has 2 aliphatic rings. The second-order valence-electron chi connectivity index (χ2n) is 7.93. The maximum Gasteiger partial charge on any atom is 0.0725 e. The molecule has 6 rings (SSSR count). The molecule has 0 heterocycles. The lowest BCUT2D eigenvalue weighted by atomic mass is 9.69. The molecule has 1 atom stereocenters. The normalized spacial score (nSPS) is 18.4. The Morgan fingerprint density at radius 1 is 0.700 bits per heavy atom. The Balaban J connectivity index is 1.87. The van der Waals surface area contributed by atoms with Gasteiger partial charge in [-0.25, -0.2) is 0 Å². The summed E-state index contributed by atoms with van der Waals surface area (Å²) in [5.41, 5.74) is 9.85. The first kappa shape index (κ1) is 17.7. The van der Waals surface area contributed by atoms with Crippen molar-refractivity contribution in [3.05, 3.63) is 136 Å². The molecule has 0 aliphatic heterocycles. The van der Waals surface area contributed by atoms with Crippen molar-refractivity contribution in [2.45, 2.75) is 5.41 Å². The molecule has 1 heteroatoms. The summed E-state index contributed by atoms with van der Waals surface area (Å²) in [6.45, 7) is 8.49. The summed E-state index contributed by atoms with van der Waals surface area (Å²) in [5.74, 6) is 0. The number of halogens is 1. The Kier molecular flexibility index (Phi) is 3.63. The highest BCUT2D eigenvalue weighted by Gasteiger charge is 2.51. The molecule has 0 aromatic heterocycles. The average Bonchev–Trinajstić information content (AvgIpc) is 3.24. The fraction of sp³-hybridized carbons (Fsp3) is 0.0345. The third kappa shape index (κ3) is 1.96. The first-order valence-electron chi connectivity index (χ1n) is 10.1. The van der Waals surface area contributed by atoms with E-state index in [9.17, 15) is 0 Å². The largest absolute Gasteiger partial charge is 0.0987 e. The van der Waals surface area contributed by atoms with Crippen LogP contribution in [0.1, 0.15) is 22.3 Å². The minimum atomic E-state index is -0.364. The Morgan fingerprint density at radius 3 is 2.27 bits per heavy atom. The number of allylic oxidation sites excluding steroid dienone is 4. The Hall–Kier alpha value is -3.16. The van der Waals surface area contributed by atoms with Crippen molar-refractivity contribution < 1.29 is 0 Å². The smallest absolute Gasteiger partial charge is 0.0725 e. The van der Waals surface area contributed by atoms with Gasteiger partial charge in [0.25, 0.3) is 0 Å². The first-order valence-corrected chi connectivity index (χ1v) is 10.9. The fourth-order valence-electron chi connectivity index (χ4n) is 5.67. The lowest BCUT2D eigenvalue weighted by Crippen LogP contribution is -2.26. The van der Waals surface area contributed by atoms with Crippen LogP contribution in [0.25, 0.3) is 27.5 Å². The van der Waals surface area contributed by atoms with Crippen molar-refractivity contribution in [1.82, 2.24) is 0 Å². The van der Waals surface area contributed by atoms with Crippen molar-refractivity contribution in [3.8, 4) is 11.1 Å². The van der Waals surface area contributed by atoms with E-state index in [1.807, 2.05) is 12.2 Å². The zero-order valence-electron chi connectivity index (χ0n) is 16.5. The molecule has 0 fully saturated rings. The molecular formula is C29H19Br. The van der Waals surface area contributed by atoms with Crippen LogP contribution in [0.15, 0.2) is 114 Å². The predicted octanol–water partition coefficient (Wildman–Crippen LogP) is 8.06. The van der Waals surface area contributed by atoms with Gasteiger partial charge in [0, 0.05) is 4.47 Å². The second kappa shape index (κ2) is 6.17. The van der Waals surface area contributed by atoms with Gasteiger partial charge in [0.15, 0.2) is 0 Å². The van der Waals surface area contributed by atoms with Crippen molar-refractivity contribution >= 4 is 32.3 Å². The Labute approximate surface area is 185 Å². The molecule has 1 unspecified atom stereocenters. The topological polar surface area (TPSA) is 0 Å². The molecule has 0 radical (unpaired) electrons. The zero-order valence-corrected chi connectivity index (χ0v) is 18.0. The number of rotatable bonds is 2. The molecule has 1 spiro atoms. The molecule has 142 valence electrons. The summed E-state index contributed by atoms with van der Waals surface area (Å²) in [6.07, 6.45) is 4.05. The summed E-state index contributed by atoms with van der Waals surface area (Å²) in [7, 11) is 0. The van der Waals surface area contributed by atoms with E-state index in [1.54, 1.807) is 0 Å². The molecule has 0 N–H and O–H groups in total. The van der Waals surface area contributed by atoms with Gasteiger partial charge in [0.2, 0.25) is 0 Å². The summed E-state index contributed by atoms with van der Waals surface area (Å²) in [6, 6.07) is 28.7. The van der Waals surface area contributed by atoms with Crippen LogP contribution in [-0.4, -0.2) is 0 Å². The molecule has 0 nitrogen and oxygen atoms in total. The fourth-order valence-corrected chi connectivity index (χ4v) is 6.03. The van der Waals surface area contributed by atoms with E-state index in [4.69, 9.17) is 0 Å². The van der Waals surface area contributed by atoms with Gasteiger partial charge in [-0.05, 0) is 67.4 Å². The van der Waals surface area contributed by atoms with Gasteiger partial charge >= 0.3 is 0 Å². The van der Waals surface area contributed by atoms with Crippen LogP contribution in [0.5, 0.6) is 0 Å². The van der Waals surface area contributed by atoms with Crippen molar-refractivity contribution in [2.75, 3.05) is 0 Å². The van der Waals surface area contributed by atoms with Gasteiger partial charge in [-0.3, -0.25) is 0 Å². The lowest BCUT2D eigenvalue weighted by Gasteiger charge is -2.31. The summed E-state index contributed by atoms with van der Waals surface area (Å²) in [4.78, 5) is 0. The molecule has 30 heavy (non-hydrogen) atoms. The summed E-state index contributed by atoms with van der Waals surface area (Å²) < 4.78 is 1.10. The standard InChI is InChI=1S/C29H19Br/c1-3-20-24(4-2)29(27-15-13-18-9-5-6-10-21(18)28(20)27)25-12-8-7-11-22(25)23-17-19(30)14-16-26(23)29/h3-17H,1-2H2. The van der Waals surface area contributed by atoms with Gasteiger partial charge in [-0.15, -0.1) is 0 Å².